The molecule has 0 fully saturated rings. The molecule has 0 unspecified atom stereocenters. The average molecular weight is 343 g/mol. The highest BCUT2D eigenvalue weighted by atomic mass is 16.5. The summed E-state index contributed by atoms with van der Waals surface area (Å²) in [5.74, 6) is -0.373. The molecule has 0 saturated carbocycles. The Balaban J connectivity index is 2.13. The lowest BCUT2D eigenvalue weighted by atomic mass is 10.2. The van der Waals surface area contributed by atoms with Crippen molar-refractivity contribution < 1.29 is 14.3 Å². The normalized spacial score (nSPS) is 10.5. The van der Waals surface area contributed by atoms with Crippen molar-refractivity contribution >= 4 is 17.6 Å². The van der Waals surface area contributed by atoms with Gasteiger partial charge in [-0.2, -0.15) is 5.10 Å². The van der Waals surface area contributed by atoms with Crippen LogP contribution >= 0.6 is 0 Å². The number of nitrogens with one attached hydrogen (secondary N) is 1. The maximum absolute atomic E-state index is 12.0. The van der Waals surface area contributed by atoms with Gasteiger partial charge in [0, 0.05) is 12.1 Å². The predicted molar refractivity (Wildman–Crippen MR) is 97.0 cm³/mol. The minimum absolute atomic E-state index is 0.00926. The summed E-state index contributed by atoms with van der Waals surface area (Å²) in [6.45, 7) is 6.01. The van der Waals surface area contributed by atoms with Gasteiger partial charge in [-0.15, -0.1) is 0 Å². The lowest BCUT2D eigenvalue weighted by molar-refractivity contribution is -0.116. The van der Waals surface area contributed by atoms with Crippen molar-refractivity contribution in [1.29, 1.82) is 0 Å². The molecule has 0 aliphatic carbocycles. The third-order valence-electron chi connectivity index (χ3n) is 3.89. The van der Waals surface area contributed by atoms with E-state index in [4.69, 9.17) is 4.74 Å². The van der Waals surface area contributed by atoms with E-state index >= 15 is 0 Å². The van der Waals surface area contributed by atoms with Crippen molar-refractivity contribution in [3.8, 4) is 5.69 Å². The second-order valence-corrected chi connectivity index (χ2v) is 5.83. The quantitative estimate of drug-likeness (QED) is 0.583. The molecule has 0 spiro atoms. The highest BCUT2D eigenvalue weighted by Crippen LogP contribution is 2.19. The zero-order valence-electron chi connectivity index (χ0n) is 15.0. The van der Waals surface area contributed by atoms with Gasteiger partial charge in [-0.3, -0.25) is 4.79 Å². The second-order valence-electron chi connectivity index (χ2n) is 5.83. The minimum Gasteiger partial charge on any atom is -0.462 e. The summed E-state index contributed by atoms with van der Waals surface area (Å²) in [6.07, 6.45) is 5.05. The van der Waals surface area contributed by atoms with E-state index in [0.717, 1.165) is 24.9 Å². The van der Waals surface area contributed by atoms with E-state index in [9.17, 15) is 9.59 Å². The molecule has 2 rings (SSSR count). The third kappa shape index (κ3) is 4.92. The largest absolute Gasteiger partial charge is 0.462 e. The van der Waals surface area contributed by atoms with Gasteiger partial charge in [0.15, 0.2) is 0 Å². The molecular weight excluding hydrogens is 318 g/mol. The number of benzene rings is 1. The van der Waals surface area contributed by atoms with E-state index in [1.165, 1.54) is 6.20 Å². The summed E-state index contributed by atoms with van der Waals surface area (Å²) in [4.78, 5) is 23.9. The summed E-state index contributed by atoms with van der Waals surface area (Å²) in [5, 5.41) is 7.18. The van der Waals surface area contributed by atoms with E-state index in [-0.39, 0.29) is 11.9 Å². The van der Waals surface area contributed by atoms with Crippen molar-refractivity contribution in [3.05, 3.63) is 41.7 Å². The van der Waals surface area contributed by atoms with Gasteiger partial charge in [0.25, 0.3) is 0 Å². The molecule has 1 aromatic heterocycles. The van der Waals surface area contributed by atoms with Crippen LogP contribution in [-0.4, -0.2) is 28.3 Å². The highest BCUT2D eigenvalue weighted by molar-refractivity contribution is 5.91. The molecule has 0 atom stereocenters. The lowest BCUT2D eigenvalue weighted by Gasteiger charge is -2.09. The number of anilines is 1. The summed E-state index contributed by atoms with van der Waals surface area (Å²) < 4.78 is 6.70. The van der Waals surface area contributed by atoms with Crippen molar-refractivity contribution in [3.63, 3.8) is 0 Å². The second kappa shape index (κ2) is 9.01. The molecule has 1 N–H and O–H groups in total. The molecule has 1 aromatic carbocycles. The van der Waals surface area contributed by atoms with Gasteiger partial charge in [-0.05, 0) is 38.5 Å². The lowest BCUT2D eigenvalue weighted by Crippen LogP contribution is -2.11. The number of carbonyl (C=O) groups excluding carboxylic acids is 2. The first-order valence-corrected chi connectivity index (χ1v) is 8.68. The standard InChI is InChI=1S/C19H25N3O3/c1-4-6-7-11-18(23)21-15-9-8-10-16(12-15)22-14(3)17(13-20-22)19(24)25-5-2/h8-10,12-13H,4-7,11H2,1-3H3,(H,21,23). The zero-order chi connectivity index (χ0) is 18.2. The highest BCUT2D eigenvalue weighted by Gasteiger charge is 2.16. The number of hydrogen-bond donors (Lipinski definition) is 1. The van der Waals surface area contributed by atoms with E-state index in [1.54, 1.807) is 11.6 Å². The Hall–Kier alpha value is -2.63. The molecule has 0 radical (unpaired) electrons. The number of aromatic nitrogens is 2. The zero-order valence-corrected chi connectivity index (χ0v) is 15.0. The van der Waals surface area contributed by atoms with Crippen molar-refractivity contribution in [1.82, 2.24) is 9.78 Å². The molecule has 1 amide bonds. The number of unbranched alkanes of at least 4 members (excludes halogenated alkanes) is 2. The molecule has 6 heteroatoms. The summed E-state index contributed by atoms with van der Waals surface area (Å²) >= 11 is 0. The molecule has 2 aromatic rings. The fourth-order valence-electron chi connectivity index (χ4n) is 2.55. The van der Waals surface area contributed by atoms with E-state index in [0.29, 0.717) is 30.0 Å². The van der Waals surface area contributed by atoms with Crippen molar-refractivity contribution in [2.45, 2.75) is 46.5 Å². The Kier molecular flexibility index (Phi) is 6.74. The topological polar surface area (TPSA) is 73.2 Å². The maximum Gasteiger partial charge on any atom is 0.341 e. The Labute approximate surface area is 148 Å². The summed E-state index contributed by atoms with van der Waals surface area (Å²) in [5.41, 5.74) is 2.63. The first-order chi connectivity index (χ1) is 12.1. The number of hydrogen-bond acceptors (Lipinski definition) is 4. The van der Waals surface area contributed by atoms with Gasteiger partial charge in [0.1, 0.15) is 5.56 Å². The summed E-state index contributed by atoms with van der Waals surface area (Å²) in [6, 6.07) is 7.41. The Morgan fingerprint density at radius 1 is 1.24 bits per heavy atom. The van der Waals surface area contributed by atoms with Crippen LogP contribution in [0.25, 0.3) is 5.69 Å². The molecule has 6 nitrogen and oxygen atoms in total. The first-order valence-electron chi connectivity index (χ1n) is 8.68. The number of nitrogens with zero attached hydrogens (tertiary/aromatic N) is 2. The van der Waals surface area contributed by atoms with Crippen LogP contribution in [0.3, 0.4) is 0 Å². The van der Waals surface area contributed by atoms with Crippen LogP contribution in [0, 0.1) is 6.92 Å². The number of carbonyl (C=O) groups is 2. The number of esters is 1. The third-order valence-corrected chi connectivity index (χ3v) is 3.89. The molecule has 134 valence electrons. The molecular formula is C19H25N3O3. The van der Waals surface area contributed by atoms with Gasteiger partial charge in [-0.25, -0.2) is 9.48 Å². The minimum atomic E-state index is -0.383. The number of rotatable bonds is 8. The predicted octanol–water partition coefficient (Wildman–Crippen LogP) is 3.88. The van der Waals surface area contributed by atoms with Crippen LogP contribution in [0.1, 0.15) is 55.6 Å². The van der Waals surface area contributed by atoms with Crippen LogP contribution < -0.4 is 5.32 Å². The fraction of sp³-hybridized carbons (Fsp3) is 0.421. The van der Waals surface area contributed by atoms with Crippen LogP contribution in [0.4, 0.5) is 5.69 Å². The fourth-order valence-corrected chi connectivity index (χ4v) is 2.55. The van der Waals surface area contributed by atoms with Crippen molar-refractivity contribution in [2.24, 2.45) is 0 Å². The smallest absolute Gasteiger partial charge is 0.341 e. The Morgan fingerprint density at radius 2 is 2.04 bits per heavy atom. The van der Waals surface area contributed by atoms with Crippen LogP contribution in [-0.2, 0) is 9.53 Å². The van der Waals surface area contributed by atoms with Crippen molar-refractivity contribution in [2.75, 3.05) is 11.9 Å². The van der Waals surface area contributed by atoms with Gasteiger partial charge in [-0.1, -0.05) is 25.8 Å². The van der Waals surface area contributed by atoms with Crippen LogP contribution in [0.5, 0.6) is 0 Å². The van der Waals surface area contributed by atoms with E-state index in [1.807, 2.05) is 31.2 Å². The van der Waals surface area contributed by atoms with Gasteiger partial charge < -0.3 is 10.1 Å². The first kappa shape index (κ1) is 18.7. The number of ether oxygens (including phenoxy) is 1. The van der Waals surface area contributed by atoms with Crippen LogP contribution in [0.2, 0.25) is 0 Å². The molecule has 0 saturated heterocycles. The average Bonchev–Trinajstić information content (AvgIpc) is 2.97. The number of amides is 1. The Bertz CT molecular complexity index is 737. The maximum atomic E-state index is 12.0. The van der Waals surface area contributed by atoms with Gasteiger partial charge in [0.05, 0.1) is 24.2 Å². The SMILES string of the molecule is CCCCCC(=O)Nc1cccc(-n2ncc(C(=O)OCC)c2C)c1. The van der Waals surface area contributed by atoms with Crippen LogP contribution in [0.15, 0.2) is 30.5 Å². The van der Waals surface area contributed by atoms with Gasteiger partial charge in [0.2, 0.25) is 5.91 Å². The summed E-state index contributed by atoms with van der Waals surface area (Å²) in [7, 11) is 0. The van der Waals surface area contributed by atoms with Gasteiger partial charge >= 0.3 is 5.97 Å². The molecule has 1 heterocycles. The molecule has 0 aliphatic heterocycles. The van der Waals surface area contributed by atoms with E-state index in [2.05, 4.69) is 17.3 Å². The molecule has 25 heavy (non-hydrogen) atoms. The molecule has 0 bridgehead atoms. The Morgan fingerprint density at radius 3 is 2.76 bits per heavy atom. The monoisotopic (exact) mass is 343 g/mol. The van der Waals surface area contributed by atoms with E-state index < -0.39 is 0 Å². The molecule has 0 aliphatic rings.